The summed E-state index contributed by atoms with van der Waals surface area (Å²) in [5.41, 5.74) is -2.12. The minimum absolute atomic E-state index is 0.396. The Kier molecular flexibility index (Phi) is 5.39. The first-order valence-corrected chi connectivity index (χ1v) is 6.90. The summed E-state index contributed by atoms with van der Waals surface area (Å²) in [4.78, 5) is 0. The Hall–Kier alpha value is -0.400. The third-order valence-electron chi connectivity index (χ3n) is 4.36. The van der Waals surface area contributed by atoms with Crippen molar-refractivity contribution in [2.24, 2.45) is 0 Å². The molecule has 22 heavy (non-hydrogen) atoms. The summed E-state index contributed by atoms with van der Waals surface area (Å²) in [6.07, 6.45) is -12.9. The normalized spacial score (nSPS) is 51.0. The van der Waals surface area contributed by atoms with Gasteiger partial charge >= 0.3 is 0 Å². The molecule has 0 saturated carbocycles. The summed E-state index contributed by atoms with van der Waals surface area (Å²) in [5.74, 6) is 0. The van der Waals surface area contributed by atoms with Crippen molar-refractivity contribution in [3.63, 3.8) is 0 Å². The molecule has 0 aromatic heterocycles. The highest BCUT2D eigenvalue weighted by atomic mass is 16.6. The van der Waals surface area contributed by atoms with Crippen LogP contribution in [0.25, 0.3) is 0 Å². The van der Waals surface area contributed by atoms with Crippen LogP contribution in [0.2, 0.25) is 0 Å². The lowest BCUT2D eigenvalue weighted by atomic mass is 9.78. The summed E-state index contributed by atoms with van der Waals surface area (Å²) in [6.45, 7) is -1.97. The van der Waals surface area contributed by atoms with Crippen LogP contribution in [0, 0.1) is 0 Å². The quantitative estimate of drug-likeness (QED) is 0.248. The lowest BCUT2D eigenvalue weighted by molar-refractivity contribution is -0.300. The maximum absolute atomic E-state index is 10.1. The highest BCUT2D eigenvalue weighted by Gasteiger charge is 2.64. The fourth-order valence-corrected chi connectivity index (χ4v) is 3.06. The molecule has 9 atom stereocenters. The van der Waals surface area contributed by atoms with Crippen molar-refractivity contribution in [3.8, 4) is 0 Å². The standard InChI is InChI=1S/C12H22O10/c13-1-5-7(17)8(18)9(19)11(22-5)12(6(16)2-14)10(20)4(15)3-21-12/h4-11,13-20H,1-3H2/t4-,5-,6-,7-,8+,9-,10-,11?,12+/m1/s1. The van der Waals surface area contributed by atoms with E-state index in [0.29, 0.717) is 0 Å². The highest BCUT2D eigenvalue weighted by molar-refractivity contribution is 5.12. The first-order valence-electron chi connectivity index (χ1n) is 6.90. The van der Waals surface area contributed by atoms with Crippen LogP contribution in [0.3, 0.4) is 0 Å². The second kappa shape index (κ2) is 6.61. The Labute approximate surface area is 125 Å². The smallest absolute Gasteiger partial charge is 0.153 e. The van der Waals surface area contributed by atoms with Gasteiger partial charge in [0.2, 0.25) is 0 Å². The zero-order valence-corrected chi connectivity index (χ0v) is 11.6. The molecule has 2 saturated heterocycles. The minimum atomic E-state index is -2.12. The van der Waals surface area contributed by atoms with Crippen LogP contribution in [-0.4, -0.2) is 115 Å². The van der Waals surface area contributed by atoms with Gasteiger partial charge in [0, 0.05) is 0 Å². The molecule has 2 rings (SSSR count). The van der Waals surface area contributed by atoms with Crippen molar-refractivity contribution in [2.75, 3.05) is 19.8 Å². The maximum atomic E-state index is 10.1. The number of ether oxygens (including phenoxy) is 2. The van der Waals surface area contributed by atoms with E-state index >= 15 is 0 Å². The van der Waals surface area contributed by atoms with E-state index in [2.05, 4.69) is 0 Å². The Morgan fingerprint density at radius 2 is 1.64 bits per heavy atom. The number of rotatable bonds is 4. The molecule has 0 radical (unpaired) electrons. The second-order valence-corrected chi connectivity index (χ2v) is 5.62. The van der Waals surface area contributed by atoms with Crippen LogP contribution < -0.4 is 0 Å². The summed E-state index contributed by atoms with van der Waals surface area (Å²) in [6, 6.07) is 0. The van der Waals surface area contributed by atoms with Crippen molar-refractivity contribution in [1.82, 2.24) is 0 Å². The van der Waals surface area contributed by atoms with Crippen LogP contribution in [0.1, 0.15) is 0 Å². The molecule has 2 fully saturated rings. The molecule has 10 nitrogen and oxygen atoms in total. The first kappa shape index (κ1) is 17.9. The van der Waals surface area contributed by atoms with E-state index in [-0.39, 0.29) is 0 Å². The molecule has 1 unspecified atom stereocenters. The van der Waals surface area contributed by atoms with E-state index in [1.54, 1.807) is 0 Å². The molecule has 130 valence electrons. The Morgan fingerprint density at radius 1 is 1.00 bits per heavy atom. The molecule has 0 aromatic carbocycles. The molecular formula is C12H22O10. The summed E-state index contributed by atoms with van der Waals surface area (Å²) < 4.78 is 10.5. The fourth-order valence-electron chi connectivity index (χ4n) is 3.06. The van der Waals surface area contributed by atoms with E-state index in [4.69, 9.17) is 9.47 Å². The Balaban J connectivity index is 2.39. The predicted octanol–water partition coefficient (Wildman–Crippen LogP) is -5.33. The molecule has 10 heteroatoms. The van der Waals surface area contributed by atoms with E-state index in [1.165, 1.54) is 0 Å². The van der Waals surface area contributed by atoms with Gasteiger partial charge in [-0.1, -0.05) is 0 Å². The number of aliphatic hydroxyl groups excluding tert-OH is 8. The lowest BCUT2D eigenvalue weighted by Gasteiger charge is -2.49. The van der Waals surface area contributed by atoms with Gasteiger partial charge in [0.15, 0.2) is 5.60 Å². The molecule has 0 bridgehead atoms. The monoisotopic (exact) mass is 326 g/mol. The third-order valence-corrected chi connectivity index (χ3v) is 4.36. The Bertz CT molecular complexity index is 379. The molecule has 8 N–H and O–H groups in total. The maximum Gasteiger partial charge on any atom is 0.153 e. The molecule has 2 aliphatic heterocycles. The molecule has 0 spiro atoms. The molecular weight excluding hydrogens is 304 g/mol. The zero-order chi connectivity index (χ0) is 16.7. The van der Waals surface area contributed by atoms with Crippen molar-refractivity contribution in [2.45, 2.75) is 54.4 Å². The van der Waals surface area contributed by atoms with E-state index < -0.39 is 74.3 Å². The van der Waals surface area contributed by atoms with E-state index in [1.807, 2.05) is 0 Å². The summed E-state index contributed by atoms with van der Waals surface area (Å²) >= 11 is 0. The molecule has 2 heterocycles. The molecule has 0 aromatic rings. The van der Waals surface area contributed by atoms with Gasteiger partial charge < -0.3 is 50.3 Å². The minimum Gasteiger partial charge on any atom is -0.394 e. The average molecular weight is 326 g/mol. The van der Waals surface area contributed by atoms with Gasteiger partial charge in [0.05, 0.1) is 19.8 Å². The SMILES string of the molecule is OC[C@@H](O)[C@]1(C2O[C@H](CO)[C@@H](O)[C@H](O)[C@H]2O)OC[C@@H](O)[C@H]1O. The van der Waals surface area contributed by atoms with E-state index in [0.717, 1.165) is 0 Å². The summed E-state index contributed by atoms with van der Waals surface area (Å²) in [7, 11) is 0. The lowest BCUT2D eigenvalue weighted by Crippen LogP contribution is -2.71. The average Bonchev–Trinajstić information content (AvgIpc) is 2.82. The van der Waals surface area contributed by atoms with Gasteiger partial charge in [0.1, 0.15) is 48.8 Å². The van der Waals surface area contributed by atoms with Crippen molar-refractivity contribution in [1.29, 1.82) is 0 Å². The largest absolute Gasteiger partial charge is 0.394 e. The topological polar surface area (TPSA) is 180 Å². The number of hydrogen-bond donors (Lipinski definition) is 8. The van der Waals surface area contributed by atoms with Crippen LogP contribution in [0.15, 0.2) is 0 Å². The van der Waals surface area contributed by atoms with Crippen molar-refractivity contribution >= 4 is 0 Å². The van der Waals surface area contributed by atoms with Crippen LogP contribution in [0.4, 0.5) is 0 Å². The fraction of sp³-hybridized carbons (Fsp3) is 1.00. The van der Waals surface area contributed by atoms with Crippen LogP contribution in [-0.2, 0) is 9.47 Å². The predicted molar refractivity (Wildman–Crippen MR) is 67.6 cm³/mol. The van der Waals surface area contributed by atoms with Gasteiger partial charge in [0.25, 0.3) is 0 Å². The van der Waals surface area contributed by atoms with Gasteiger partial charge in [-0.05, 0) is 0 Å². The van der Waals surface area contributed by atoms with Crippen LogP contribution in [0.5, 0.6) is 0 Å². The first-order chi connectivity index (χ1) is 10.3. The highest BCUT2D eigenvalue weighted by Crippen LogP contribution is 2.40. The molecule has 2 aliphatic rings. The Morgan fingerprint density at radius 3 is 2.09 bits per heavy atom. The van der Waals surface area contributed by atoms with Gasteiger partial charge in [-0.3, -0.25) is 0 Å². The van der Waals surface area contributed by atoms with Crippen molar-refractivity contribution < 1.29 is 50.3 Å². The van der Waals surface area contributed by atoms with Crippen molar-refractivity contribution in [3.05, 3.63) is 0 Å². The van der Waals surface area contributed by atoms with Crippen LogP contribution >= 0.6 is 0 Å². The molecule has 0 amide bonds. The van der Waals surface area contributed by atoms with Gasteiger partial charge in [-0.25, -0.2) is 0 Å². The van der Waals surface area contributed by atoms with Gasteiger partial charge in [-0.2, -0.15) is 0 Å². The third kappa shape index (κ3) is 2.55. The van der Waals surface area contributed by atoms with E-state index in [9.17, 15) is 40.9 Å². The summed E-state index contributed by atoms with van der Waals surface area (Å²) in [5, 5.41) is 77.9. The second-order valence-electron chi connectivity index (χ2n) is 5.62. The zero-order valence-electron chi connectivity index (χ0n) is 11.6. The number of aliphatic hydroxyl groups is 8. The molecule has 0 aliphatic carbocycles. The number of hydrogen-bond acceptors (Lipinski definition) is 10. The van der Waals surface area contributed by atoms with Gasteiger partial charge in [-0.15, -0.1) is 0 Å².